The Labute approximate surface area is 144 Å². The first kappa shape index (κ1) is 15.6. The van der Waals surface area contributed by atoms with Crippen LogP contribution in [-0.2, 0) is 10.3 Å². The second-order valence-corrected chi connectivity index (χ2v) is 7.48. The lowest BCUT2D eigenvalue weighted by molar-refractivity contribution is -0.116. The molecule has 0 radical (unpaired) electrons. The van der Waals surface area contributed by atoms with Crippen LogP contribution in [0.25, 0.3) is 10.9 Å². The standard InChI is InChI=1S/C19H20N4O2/c1-19(2,3)23-17-14(10-20-23)12(9-16(24)22-17)13-8-11-6-4-5-7-15(11)21-18(13)25/h4-8,10,12H,9H2,1-3H3,(H,21,25)(H,22,24)/t12-/m1/s1. The Morgan fingerprint density at radius 3 is 2.68 bits per heavy atom. The summed E-state index contributed by atoms with van der Waals surface area (Å²) >= 11 is 0. The minimum absolute atomic E-state index is 0.101. The van der Waals surface area contributed by atoms with Gasteiger partial charge in [-0.1, -0.05) is 18.2 Å². The topological polar surface area (TPSA) is 79.8 Å². The second-order valence-electron chi connectivity index (χ2n) is 7.48. The highest BCUT2D eigenvalue weighted by Gasteiger charge is 2.33. The molecule has 3 heterocycles. The zero-order valence-corrected chi connectivity index (χ0v) is 14.5. The van der Waals surface area contributed by atoms with E-state index in [9.17, 15) is 9.59 Å². The highest BCUT2D eigenvalue weighted by atomic mass is 16.2. The van der Waals surface area contributed by atoms with Crippen molar-refractivity contribution in [3.05, 3.63) is 58.0 Å². The largest absolute Gasteiger partial charge is 0.322 e. The van der Waals surface area contributed by atoms with Crippen molar-refractivity contribution in [2.75, 3.05) is 5.32 Å². The lowest BCUT2D eigenvalue weighted by atomic mass is 9.87. The van der Waals surface area contributed by atoms with Crippen molar-refractivity contribution in [2.24, 2.45) is 0 Å². The summed E-state index contributed by atoms with van der Waals surface area (Å²) < 4.78 is 1.81. The van der Waals surface area contributed by atoms with E-state index >= 15 is 0 Å². The van der Waals surface area contributed by atoms with Crippen LogP contribution in [0.5, 0.6) is 0 Å². The molecular formula is C19H20N4O2. The van der Waals surface area contributed by atoms with E-state index in [2.05, 4.69) is 15.4 Å². The van der Waals surface area contributed by atoms with E-state index in [1.54, 1.807) is 6.20 Å². The molecule has 2 aromatic heterocycles. The van der Waals surface area contributed by atoms with Crippen LogP contribution in [0, 0.1) is 0 Å². The summed E-state index contributed by atoms with van der Waals surface area (Å²) in [4.78, 5) is 27.9. The third-order valence-electron chi connectivity index (χ3n) is 4.61. The number of rotatable bonds is 1. The molecule has 4 rings (SSSR count). The number of hydrogen-bond donors (Lipinski definition) is 2. The van der Waals surface area contributed by atoms with Crippen LogP contribution in [-0.4, -0.2) is 20.7 Å². The number of carbonyl (C=O) groups is 1. The summed E-state index contributed by atoms with van der Waals surface area (Å²) in [6.45, 7) is 6.08. The predicted octanol–water partition coefficient (Wildman–Crippen LogP) is 2.95. The number of para-hydroxylation sites is 1. The summed E-state index contributed by atoms with van der Waals surface area (Å²) in [5, 5.41) is 8.33. The summed E-state index contributed by atoms with van der Waals surface area (Å²) in [5.74, 6) is 0.283. The number of hydrogen-bond acceptors (Lipinski definition) is 3. The van der Waals surface area contributed by atoms with Gasteiger partial charge in [0, 0.05) is 29.0 Å². The number of fused-ring (bicyclic) bond motifs is 2. The highest BCUT2D eigenvalue weighted by Crippen LogP contribution is 2.38. The van der Waals surface area contributed by atoms with Crippen LogP contribution in [0.3, 0.4) is 0 Å². The first-order chi connectivity index (χ1) is 11.8. The van der Waals surface area contributed by atoms with Crippen LogP contribution in [0.1, 0.15) is 44.2 Å². The Morgan fingerprint density at radius 2 is 1.92 bits per heavy atom. The molecule has 1 amide bonds. The highest BCUT2D eigenvalue weighted by molar-refractivity contribution is 5.94. The van der Waals surface area contributed by atoms with Crippen LogP contribution in [0.4, 0.5) is 5.82 Å². The van der Waals surface area contributed by atoms with E-state index < -0.39 is 0 Å². The molecule has 0 spiro atoms. The van der Waals surface area contributed by atoms with Gasteiger partial charge in [-0.2, -0.15) is 5.10 Å². The van der Waals surface area contributed by atoms with E-state index in [4.69, 9.17) is 0 Å². The maximum atomic E-state index is 12.6. The molecule has 1 aliphatic heterocycles. The number of H-pyrrole nitrogens is 1. The normalized spacial score (nSPS) is 17.4. The van der Waals surface area contributed by atoms with Crippen LogP contribution < -0.4 is 10.9 Å². The van der Waals surface area contributed by atoms with Crippen LogP contribution >= 0.6 is 0 Å². The summed E-state index contributed by atoms with van der Waals surface area (Å²) in [6, 6.07) is 9.53. The molecule has 6 nitrogen and oxygen atoms in total. The third-order valence-corrected chi connectivity index (χ3v) is 4.61. The number of aromatic nitrogens is 3. The zero-order chi connectivity index (χ0) is 17.8. The molecule has 0 bridgehead atoms. The van der Waals surface area contributed by atoms with E-state index in [-0.39, 0.29) is 29.3 Å². The van der Waals surface area contributed by atoms with Crippen molar-refractivity contribution in [3.8, 4) is 0 Å². The van der Waals surface area contributed by atoms with Crippen LogP contribution in [0.15, 0.2) is 41.3 Å². The number of benzene rings is 1. The molecule has 128 valence electrons. The molecule has 3 aromatic rings. The van der Waals surface area contributed by atoms with Crippen molar-refractivity contribution in [1.82, 2.24) is 14.8 Å². The number of nitrogens with zero attached hydrogens (tertiary/aromatic N) is 2. The van der Waals surface area contributed by atoms with Crippen molar-refractivity contribution in [3.63, 3.8) is 0 Å². The number of carbonyl (C=O) groups excluding carboxylic acids is 1. The fourth-order valence-corrected chi connectivity index (χ4v) is 3.43. The Hall–Kier alpha value is -2.89. The van der Waals surface area contributed by atoms with Gasteiger partial charge in [0.2, 0.25) is 5.91 Å². The SMILES string of the molecule is CC(C)(C)n1ncc2c1NC(=O)C[C@@H]2c1cc2ccccc2[nH]c1=O. The molecule has 0 unspecified atom stereocenters. The van der Waals surface area contributed by atoms with Gasteiger partial charge in [-0.15, -0.1) is 0 Å². The molecule has 0 fully saturated rings. The summed E-state index contributed by atoms with van der Waals surface area (Å²) in [5.41, 5.74) is 1.85. The van der Waals surface area contributed by atoms with Crippen molar-refractivity contribution in [2.45, 2.75) is 38.6 Å². The van der Waals surface area contributed by atoms with Gasteiger partial charge in [-0.05, 0) is 38.3 Å². The average Bonchev–Trinajstić information content (AvgIpc) is 2.97. The molecule has 6 heteroatoms. The van der Waals surface area contributed by atoms with Crippen molar-refractivity contribution < 1.29 is 4.79 Å². The maximum absolute atomic E-state index is 12.6. The fourth-order valence-electron chi connectivity index (χ4n) is 3.43. The molecule has 25 heavy (non-hydrogen) atoms. The zero-order valence-electron chi connectivity index (χ0n) is 14.5. The van der Waals surface area contributed by atoms with E-state index in [1.165, 1.54) is 0 Å². The Kier molecular flexibility index (Phi) is 3.32. The van der Waals surface area contributed by atoms with Crippen molar-refractivity contribution >= 4 is 22.6 Å². The lowest BCUT2D eigenvalue weighted by Gasteiger charge is -2.27. The minimum Gasteiger partial charge on any atom is -0.322 e. The summed E-state index contributed by atoms with van der Waals surface area (Å²) in [6.07, 6.45) is 2.00. The third kappa shape index (κ3) is 2.54. The van der Waals surface area contributed by atoms with Crippen LogP contribution in [0.2, 0.25) is 0 Å². The average molecular weight is 336 g/mol. The first-order valence-corrected chi connectivity index (χ1v) is 8.35. The van der Waals surface area contributed by atoms with Gasteiger partial charge in [0.1, 0.15) is 5.82 Å². The number of amides is 1. The van der Waals surface area contributed by atoms with Gasteiger partial charge in [-0.25, -0.2) is 4.68 Å². The van der Waals surface area contributed by atoms with Gasteiger partial charge < -0.3 is 10.3 Å². The lowest BCUT2D eigenvalue weighted by Crippen LogP contribution is -2.31. The Morgan fingerprint density at radius 1 is 1.16 bits per heavy atom. The van der Waals surface area contributed by atoms with Crippen molar-refractivity contribution in [1.29, 1.82) is 0 Å². The van der Waals surface area contributed by atoms with E-state index in [0.29, 0.717) is 11.4 Å². The van der Waals surface area contributed by atoms with Gasteiger partial charge in [0.05, 0.1) is 11.7 Å². The summed E-state index contributed by atoms with van der Waals surface area (Å²) in [7, 11) is 0. The van der Waals surface area contributed by atoms with E-state index in [1.807, 2.05) is 55.8 Å². The van der Waals surface area contributed by atoms with Gasteiger partial charge >= 0.3 is 0 Å². The first-order valence-electron chi connectivity index (χ1n) is 8.35. The van der Waals surface area contributed by atoms with E-state index in [0.717, 1.165) is 16.5 Å². The number of anilines is 1. The molecular weight excluding hydrogens is 316 g/mol. The molecule has 1 atom stereocenters. The maximum Gasteiger partial charge on any atom is 0.252 e. The quantitative estimate of drug-likeness (QED) is 0.717. The van der Waals surface area contributed by atoms with Gasteiger partial charge in [0.25, 0.3) is 5.56 Å². The van der Waals surface area contributed by atoms with Gasteiger partial charge in [0.15, 0.2) is 0 Å². The molecule has 0 saturated heterocycles. The molecule has 1 aliphatic rings. The van der Waals surface area contributed by atoms with Gasteiger partial charge in [-0.3, -0.25) is 9.59 Å². The predicted molar refractivity (Wildman–Crippen MR) is 96.9 cm³/mol. The monoisotopic (exact) mass is 336 g/mol. The molecule has 0 aliphatic carbocycles. The molecule has 1 aromatic carbocycles. The number of pyridine rings is 1. The Bertz CT molecular complexity index is 1040. The molecule has 2 N–H and O–H groups in total. The minimum atomic E-state index is -0.298. The number of nitrogens with one attached hydrogen (secondary N) is 2. The smallest absolute Gasteiger partial charge is 0.252 e. The second kappa shape index (κ2) is 5.31. The number of aromatic amines is 1. The molecule has 0 saturated carbocycles. The fraction of sp³-hybridized carbons (Fsp3) is 0.316. The Balaban J connectivity index is 1.91.